The van der Waals surface area contributed by atoms with Crippen LogP contribution in [-0.4, -0.2) is 10.0 Å². The van der Waals surface area contributed by atoms with Gasteiger partial charge in [-0.05, 0) is 29.8 Å². The molecular formula is C13H10FNO4. The summed E-state index contributed by atoms with van der Waals surface area (Å²) in [6.45, 7) is -0.297. The minimum Gasteiger partial charge on any atom is -0.457 e. The normalized spacial score (nSPS) is 10.2. The molecule has 6 heteroatoms. The number of hydrogen-bond donors (Lipinski definition) is 1. The molecule has 2 aromatic carbocycles. The van der Waals surface area contributed by atoms with E-state index in [-0.39, 0.29) is 18.0 Å². The van der Waals surface area contributed by atoms with Crippen molar-refractivity contribution < 1.29 is 19.2 Å². The van der Waals surface area contributed by atoms with Crippen molar-refractivity contribution >= 4 is 5.69 Å². The maximum absolute atomic E-state index is 13.2. The monoisotopic (exact) mass is 263 g/mol. The van der Waals surface area contributed by atoms with Gasteiger partial charge < -0.3 is 9.84 Å². The van der Waals surface area contributed by atoms with Crippen molar-refractivity contribution in [2.75, 3.05) is 0 Å². The van der Waals surface area contributed by atoms with Gasteiger partial charge in [0.05, 0.1) is 11.5 Å². The standard InChI is InChI=1S/C13H10FNO4/c14-10-5-9(8-16)6-13(7-10)19-12-3-1-11(2-4-12)15(17)18/h1-7,16H,8H2. The van der Waals surface area contributed by atoms with Gasteiger partial charge in [-0.15, -0.1) is 0 Å². The number of aliphatic hydroxyl groups excluding tert-OH is 1. The van der Waals surface area contributed by atoms with Gasteiger partial charge in [-0.2, -0.15) is 0 Å². The molecule has 0 aliphatic carbocycles. The number of hydrogen-bond acceptors (Lipinski definition) is 4. The topological polar surface area (TPSA) is 72.6 Å². The number of halogens is 1. The first kappa shape index (κ1) is 13.0. The van der Waals surface area contributed by atoms with Crippen LogP contribution in [0.5, 0.6) is 11.5 Å². The average Bonchev–Trinajstić information content (AvgIpc) is 2.38. The van der Waals surface area contributed by atoms with Crippen molar-refractivity contribution in [1.82, 2.24) is 0 Å². The highest BCUT2D eigenvalue weighted by Gasteiger charge is 2.06. The Bertz CT molecular complexity index is 598. The Labute approximate surface area is 108 Å². The SMILES string of the molecule is O=[N+]([O-])c1ccc(Oc2cc(F)cc(CO)c2)cc1. The van der Waals surface area contributed by atoms with E-state index in [0.717, 1.165) is 0 Å². The Balaban J connectivity index is 2.21. The summed E-state index contributed by atoms with van der Waals surface area (Å²) in [6, 6.07) is 9.28. The molecule has 0 aromatic heterocycles. The third-order valence-electron chi connectivity index (χ3n) is 2.40. The first-order valence-corrected chi connectivity index (χ1v) is 5.41. The summed E-state index contributed by atoms with van der Waals surface area (Å²) < 4.78 is 18.6. The second-order valence-electron chi connectivity index (χ2n) is 3.81. The van der Waals surface area contributed by atoms with Gasteiger partial charge in [-0.1, -0.05) is 0 Å². The maximum Gasteiger partial charge on any atom is 0.269 e. The molecule has 0 unspecified atom stereocenters. The van der Waals surface area contributed by atoms with Crippen molar-refractivity contribution in [3.05, 3.63) is 64.0 Å². The third kappa shape index (κ3) is 3.26. The molecule has 2 aromatic rings. The predicted molar refractivity (Wildman–Crippen MR) is 65.5 cm³/mol. The fourth-order valence-corrected chi connectivity index (χ4v) is 1.54. The summed E-state index contributed by atoms with van der Waals surface area (Å²) in [7, 11) is 0. The van der Waals surface area contributed by atoms with Gasteiger partial charge in [0.25, 0.3) is 5.69 Å². The molecule has 0 saturated heterocycles. The molecule has 0 atom stereocenters. The van der Waals surface area contributed by atoms with E-state index in [1.54, 1.807) is 0 Å². The van der Waals surface area contributed by atoms with Crippen LogP contribution in [-0.2, 0) is 6.61 Å². The van der Waals surface area contributed by atoms with Gasteiger partial charge >= 0.3 is 0 Å². The van der Waals surface area contributed by atoms with Gasteiger partial charge in [-0.3, -0.25) is 10.1 Å². The van der Waals surface area contributed by atoms with Crippen LogP contribution in [0.3, 0.4) is 0 Å². The van der Waals surface area contributed by atoms with Crippen LogP contribution in [0.25, 0.3) is 0 Å². The summed E-state index contributed by atoms with van der Waals surface area (Å²) in [5, 5.41) is 19.4. The van der Waals surface area contributed by atoms with Crippen LogP contribution >= 0.6 is 0 Å². The van der Waals surface area contributed by atoms with Crippen LogP contribution in [0.2, 0.25) is 0 Å². The zero-order valence-corrected chi connectivity index (χ0v) is 9.75. The van der Waals surface area contributed by atoms with E-state index in [2.05, 4.69) is 0 Å². The number of rotatable bonds is 4. The molecule has 0 amide bonds. The quantitative estimate of drug-likeness (QED) is 0.679. The molecule has 19 heavy (non-hydrogen) atoms. The molecule has 0 spiro atoms. The molecule has 5 nitrogen and oxygen atoms in total. The van der Waals surface area contributed by atoms with Crippen LogP contribution in [0.15, 0.2) is 42.5 Å². The van der Waals surface area contributed by atoms with Crippen molar-refractivity contribution in [1.29, 1.82) is 0 Å². The first-order chi connectivity index (χ1) is 9.08. The Morgan fingerprint density at radius 1 is 1.16 bits per heavy atom. The van der Waals surface area contributed by atoms with E-state index in [9.17, 15) is 14.5 Å². The number of aliphatic hydroxyl groups is 1. The fraction of sp³-hybridized carbons (Fsp3) is 0.0769. The maximum atomic E-state index is 13.2. The Hall–Kier alpha value is -2.47. The number of nitro benzene ring substituents is 1. The molecular weight excluding hydrogens is 253 g/mol. The summed E-state index contributed by atoms with van der Waals surface area (Å²) in [5.74, 6) is 0.0430. The minimum atomic E-state index is -0.525. The Morgan fingerprint density at radius 3 is 2.42 bits per heavy atom. The van der Waals surface area contributed by atoms with Crippen molar-refractivity contribution in [3.63, 3.8) is 0 Å². The fourth-order valence-electron chi connectivity index (χ4n) is 1.54. The summed E-state index contributed by atoms with van der Waals surface area (Å²) in [4.78, 5) is 9.97. The lowest BCUT2D eigenvalue weighted by molar-refractivity contribution is -0.384. The lowest BCUT2D eigenvalue weighted by atomic mass is 10.2. The van der Waals surface area contributed by atoms with Crippen molar-refractivity contribution in [2.24, 2.45) is 0 Å². The van der Waals surface area contributed by atoms with E-state index >= 15 is 0 Å². The highest BCUT2D eigenvalue weighted by atomic mass is 19.1. The Kier molecular flexibility index (Phi) is 3.72. The molecule has 0 aliphatic rings. The number of ether oxygens (including phenoxy) is 1. The molecule has 0 bridgehead atoms. The smallest absolute Gasteiger partial charge is 0.269 e. The zero-order chi connectivity index (χ0) is 13.8. The lowest BCUT2D eigenvalue weighted by Gasteiger charge is -2.07. The van der Waals surface area contributed by atoms with Gasteiger partial charge in [0, 0.05) is 18.2 Å². The Morgan fingerprint density at radius 2 is 1.84 bits per heavy atom. The van der Waals surface area contributed by atoms with E-state index < -0.39 is 10.7 Å². The second kappa shape index (κ2) is 5.45. The molecule has 0 fully saturated rings. The lowest BCUT2D eigenvalue weighted by Crippen LogP contribution is -1.91. The van der Waals surface area contributed by atoms with Crippen molar-refractivity contribution in [3.8, 4) is 11.5 Å². The number of nitro groups is 1. The average molecular weight is 263 g/mol. The molecule has 0 aliphatic heterocycles. The van der Waals surface area contributed by atoms with Gasteiger partial charge in [0.2, 0.25) is 0 Å². The van der Waals surface area contributed by atoms with E-state index in [0.29, 0.717) is 11.3 Å². The largest absolute Gasteiger partial charge is 0.457 e. The molecule has 0 heterocycles. The van der Waals surface area contributed by atoms with Gasteiger partial charge in [0.1, 0.15) is 17.3 Å². The second-order valence-corrected chi connectivity index (χ2v) is 3.81. The number of benzene rings is 2. The van der Waals surface area contributed by atoms with Gasteiger partial charge in [0.15, 0.2) is 0 Å². The highest BCUT2D eigenvalue weighted by molar-refractivity contribution is 5.39. The molecule has 98 valence electrons. The highest BCUT2D eigenvalue weighted by Crippen LogP contribution is 2.25. The van der Waals surface area contributed by atoms with Crippen LogP contribution in [0.4, 0.5) is 10.1 Å². The summed E-state index contributed by atoms with van der Waals surface area (Å²) >= 11 is 0. The van der Waals surface area contributed by atoms with Crippen LogP contribution < -0.4 is 4.74 Å². The van der Waals surface area contributed by atoms with Gasteiger partial charge in [-0.25, -0.2) is 4.39 Å². The zero-order valence-electron chi connectivity index (χ0n) is 9.75. The molecule has 1 N–H and O–H groups in total. The van der Waals surface area contributed by atoms with E-state index in [4.69, 9.17) is 9.84 Å². The number of non-ortho nitro benzene ring substituents is 1. The minimum absolute atomic E-state index is 0.0531. The molecule has 0 radical (unpaired) electrons. The first-order valence-electron chi connectivity index (χ1n) is 5.41. The number of nitrogens with zero attached hydrogens (tertiary/aromatic N) is 1. The molecule has 2 rings (SSSR count). The summed E-state index contributed by atoms with van der Waals surface area (Å²) in [6.07, 6.45) is 0. The van der Waals surface area contributed by atoms with Crippen LogP contribution in [0, 0.1) is 15.9 Å². The van der Waals surface area contributed by atoms with E-state index in [1.165, 1.54) is 42.5 Å². The van der Waals surface area contributed by atoms with Crippen molar-refractivity contribution in [2.45, 2.75) is 6.61 Å². The third-order valence-corrected chi connectivity index (χ3v) is 2.40. The summed E-state index contributed by atoms with van der Waals surface area (Å²) in [5.41, 5.74) is 0.333. The molecule has 0 saturated carbocycles. The predicted octanol–water partition coefficient (Wildman–Crippen LogP) is 3.02. The van der Waals surface area contributed by atoms with Crippen LogP contribution in [0.1, 0.15) is 5.56 Å². The van der Waals surface area contributed by atoms with E-state index in [1.807, 2.05) is 0 Å².